The minimum atomic E-state index is -0.355. The number of benzene rings is 2. The number of amides is 1. The average molecular weight is 297 g/mol. The predicted molar refractivity (Wildman–Crippen MR) is 84.1 cm³/mol. The molecule has 2 aromatic rings. The molecule has 22 heavy (non-hydrogen) atoms. The lowest BCUT2D eigenvalue weighted by atomic mass is 10.1. The first-order valence-electron chi connectivity index (χ1n) is 6.60. The zero-order chi connectivity index (χ0) is 15.8. The van der Waals surface area contributed by atoms with Crippen molar-refractivity contribution < 1.29 is 9.53 Å². The van der Waals surface area contributed by atoms with Crippen LogP contribution in [0.3, 0.4) is 0 Å². The Morgan fingerprint density at radius 1 is 1.09 bits per heavy atom. The molecule has 0 fully saturated rings. The van der Waals surface area contributed by atoms with E-state index >= 15 is 0 Å². The first kappa shape index (κ1) is 15.4. The summed E-state index contributed by atoms with van der Waals surface area (Å²) < 4.78 is 5.13. The third-order valence-corrected chi connectivity index (χ3v) is 2.95. The van der Waals surface area contributed by atoms with E-state index < -0.39 is 0 Å². The van der Waals surface area contributed by atoms with Gasteiger partial charge >= 0.3 is 0 Å². The molecule has 0 radical (unpaired) electrons. The summed E-state index contributed by atoms with van der Waals surface area (Å²) in [6.45, 7) is -0.151. The lowest BCUT2D eigenvalue weighted by molar-refractivity contribution is 0.0955. The van der Waals surface area contributed by atoms with Crippen LogP contribution in [0.15, 0.2) is 64.9 Å². The van der Waals surface area contributed by atoms with Crippen LogP contribution in [0.25, 0.3) is 0 Å². The molecule has 1 N–H and O–H groups in total. The number of carbonyl (C=O) groups is 1. The summed E-state index contributed by atoms with van der Waals surface area (Å²) in [6, 6.07) is 15.7. The third-order valence-electron chi connectivity index (χ3n) is 2.95. The van der Waals surface area contributed by atoms with Gasteiger partial charge in [0.2, 0.25) is 0 Å². The summed E-state index contributed by atoms with van der Waals surface area (Å²) in [5.41, 5.74) is 3.93. The van der Waals surface area contributed by atoms with Crippen molar-refractivity contribution in [2.24, 2.45) is 10.3 Å². The van der Waals surface area contributed by atoms with E-state index in [-0.39, 0.29) is 12.5 Å². The third kappa shape index (κ3) is 3.99. The number of ether oxygens (including phenoxy) is 1. The molecule has 2 aromatic carbocycles. The molecule has 6 nitrogen and oxygen atoms in total. The molecule has 0 aliphatic carbocycles. The van der Waals surface area contributed by atoms with Gasteiger partial charge in [0.05, 0.1) is 12.8 Å². The number of nitroso groups, excluding NO2 is 1. The Kier molecular flexibility index (Phi) is 5.37. The molecule has 6 heteroatoms. The van der Waals surface area contributed by atoms with E-state index in [2.05, 4.69) is 15.7 Å². The molecule has 0 saturated carbocycles. The molecule has 2 rings (SSSR count). The highest BCUT2D eigenvalue weighted by Crippen LogP contribution is 2.13. The van der Waals surface area contributed by atoms with Crippen LogP contribution in [0.2, 0.25) is 0 Å². The van der Waals surface area contributed by atoms with Crippen molar-refractivity contribution in [1.82, 2.24) is 5.43 Å². The summed E-state index contributed by atoms with van der Waals surface area (Å²) in [7, 11) is 1.55. The fourth-order valence-electron chi connectivity index (χ4n) is 1.83. The highest BCUT2D eigenvalue weighted by molar-refractivity contribution is 6.03. The summed E-state index contributed by atoms with van der Waals surface area (Å²) in [6.07, 6.45) is 0. The Hall–Kier alpha value is -3.02. The number of hydrogen-bond acceptors (Lipinski definition) is 5. The largest absolute Gasteiger partial charge is 0.497 e. The van der Waals surface area contributed by atoms with Gasteiger partial charge in [0, 0.05) is 11.1 Å². The van der Waals surface area contributed by atoms with Gasteiger partial charge < -0.3 is 4.74 Å². The van der Waals surface area contributed by atoms with E-state index in [1.165, 1.54) is 0 Å². The molecule has 0 aliphatic heterocycles. The summed E-state index contributed by atoms with van der Waals surface area (Å²) >= 11 is 0. The number of nitrogens with one attached hydrogen (secondary N) is 1. The van der Waals surface area contributed by atoms with Crippen LogP contribution in [0.5, 0.6) is 5.75 Å². The number of hydrogen-bond donors (Lipinski definition) is 1. The Bertz CT molecular complexity index is 684. The minimum Gasteiger partial charge on any atom is -0.497 e. The van der Waals surface area contributed by atoms with Gasteiger partial charge in [-0.15, -0.1) is 0 Å². The van der Waals surface area contributed by atoms with Gasteiger partial charge in [0.25, 0.3) is 5.91 Å². The summed E-state index contributed by atoms with van der Waals surface area (Å²) in [5.74, 6) is 0.275. The molecule has 112 valence electrons. The molecular formula is C16H15N3O3. The van der Waals surface area contributed by atoms with Gasteiger partial charge in [-0.1, -0.05) is 35.5 Å². The first-order chi connectivity index (χ1) is 10.7. The topological polar surface area (TPSA) is 80.1 Å². The predicted octanol–water partition coefficient (Wildman–Crippen LogP) is 2.60. The van der Waals surface area contributed by atoms with Gasteiger partial charge in [-0.3, -0.25) is 4.79 Å². The van der Waals surface area contributed by atoms with Crippen LogP contribution in [-0.4, -0.2) is 25.3 Å². The lowest BCUT2D eigenvalue weighted by Crippen LogP contribution is -2.21. The molecule has 0 unspecified atom stereocenters. The van der Waals surface area contributed by atoms with Gasteiger partial charge in [-0.05, 0) is 24.3 Å². The highest BCUT2D eigenvalue weighted by Gasteiger charge is 2.08. The smallest absolute Gasteiger partial charge is 0.271 e. The molecule has 0 aliphatic rings. The molecular weight excluding hydrogens is 282 g/mol. The van der Waals surface area contributed by atoms with Crippen LogP contribution >= 0.6 is 0 Å². The number of methoxy groups -OCH3 is 1. The molecule has 0 heterocycles. The molecule has 0 atom stereocenters. The SMILES string of the molecule is COc1cccc(C(CN=O)=NNC(=O)c2ccccc2)c1. The minimum absolute atomic E-state index is 0.151. The maximum absolute atomic E-state index is 12.0. The van der Waals surface area contributed by atoms with Crippen molar-refractivity contribution in [2.45, 2.75) is 0 Å². The Balaban J connectivity index is 2.20. The highest BCUT2D eigenvalue weighted by atomic mass is 16.5. The lowest BCUT2D eigenvalue weighted by Gasteiger charge is -2.06. The van der Waals surface area contributed by atoms with Crippen molar-refractivity contribution in [3.63, 3.8) is 0 Å². The van der Waals surface area contributed by atoms with Crippen LogP contribution in [0, 0.1) is 4.91 Å². The molecule has 0 bridgehead atoms. The normalized spacial score (nSPS) is 10.9. The van der Waals surface area contributed by atoms with Crippen molar-refractivity contribution in [3.05, 3.63) is 70.6 Å². The van der Waals surface area contributed by atoms with E-state index in [1.54, 1.807) is 55.6 Å². The second-order valence-electron chi connectivity index (χ2n) is 4.38. The van der Waals surface area contributed by atoms with E-state index in [0.717, 1.165) is 0 Å². The quantitative estimate of drug-likeness (QED) is 0.505. The van der Waals surface area contributed by atoms with Crippen molar-refractivity contribution in [3.8, 4) is 5.75 Å². The van der Waals surface area contributed by atoms with Crippen molar-refractivity contribution in [1.29, 1.82) is 0 Å². The molecule has 0 spiro atoms. The maximum atomic E-state index is 12.0. The number of nitrogens with zero attached hydrogens (tertiary/aromatic N) is 2. The zero-order valence-electron chi connectivity index (χ0n) is 12.0. The zero-order valence-corrected chi connectivity index (χ0v) is 12.0. The van der Waals surface area contributed by atoms with E-state index in [0.29, 0.717) is 22.6 Å². The van der Waals surface area contributed by atoms with Crippen molar-refractivity contribution >= 4 is 11.6 Å². The van der Waals surface area contributed by atoms with Gasteiger partial charge in [-0.2, -0.15) is 10.0 Å². The van der Waals surface area contributed by atoms with Crippen molar-refractivity contribution in [2.75, 3.05) is 13.7 Å². The maximum Gasteiger partial charge on any atom is 0.271 e. The Labute approximate surface area is 127 Å². The fourth-order valence-corrected chi connectivity index (χ4v) is 1.83. The number of rotatable bonds is 6. The summed E-state index contributed by atoms with van der Waals surface area (Å²) in [5, 5.41) is 6.85. The van der Waals surface area contributed by atoms with Gasteiger partial charge in [-0.25, -0.2) is 5.43 Å². The Morgan fingerprint density at radius 3 is 2.50 bits per heavy atom. The fraction of sp³-hybridized carbons (Fsp3) is 0.125. The Morgan fingerprint density at radius 2 is 1.82 bits per heavy atom. The van der Waals surface area contributed by atoms with Crippen LogP contribution < -0.4 is 10.2 Å². The standard InChI is InChI=1S/C16H15N3O3/c1-22-14-9-5-8-13(10-14)15(11-17-21)18-19-16(20)12-6-3-2-4-7-12/h2-10H,11H2,1H3,(H,19,20). The number of carbonyl (C=O) groups excluding carboxylic acids is 1. The van der Waals surface area contributed by atoms with Gasteiger partial charge in [0.15, 0.2) is 0 Å². The molecule has 0 aromatic heterocycles. The summed E-state index contributed by atoms with van der Waals surface area (Å²) in [4.78, 5) is 22.5. The second-order valence-corrected chi connectivity index (χ2v) is 4.38. The van der Waals surface area contributed by atoms with Crippen LogP contribution in [-0.2, 0) is 0 Å². The van der Waals surface area contributed by atoms with Crippen LogP contribution in [0.4, 0.5) is 0 Å². The van der Waals surface area contributed by atoms with E-state index in [4.69, 9.17) is 4.74 Å². The first-order valence-corrected chi connectivity index (χ1v) is 6.60. The van der Waals surface area contributed by atoms with Crippen LogP contribution in [0.1, 0.15) is 15.9 Å². The van der Waals surface area contributed by atoms with E-state index in [1.807, 2.05) is 6.07 Å². The molecule has 1 amide bonds. The monoisotopic (exact) mass is 297 g/mol. The second kappa shape index (κ2) is 7.68. The average Bonchev–Trinajstić information content (AvgIpc) is 2.59. The number of hydrazone groups is 1. The van der Waals surface area contributed by atoms with E-state index in [9.17, 15) is 9.70 Å². The molecule has 0 saturated heterocycles. The van der Waals surface area contributed by atoms with Gasteiger partial charge in [0.1, 0.15) is 12.3 Å².